The number of aliphatic imine (C=N–C) groups is 1. The van der Waals surface area contributed by atoms with Gasteiger partial charge in [0.05, 0.1) is 11.8 Å². The van der Waals surface area contributed by atoms with Crippen LogP contribution in [0.2, 0.25) is 0 Å². The monoisotopic (exact) mass is 302 g/mol. The zero-order chi connectivity index (χ0) is 14.8. The standard InChI is InChI=1S/C15H14N2O3S/c1-8(18)12-13-9-5-3-4-6-10(9)20-15(12,2)16-14-17(13)11(19)7-21-14/h3-6,12-13H,7H2,1-2H3/t12?,13?,15-/m0/s1. The molecule has 108 valence electrons. The first-order valence-electron chi connectivity index (χ1n) is 6.84. The maximum absolute atomic E-state index is 12.3. The number of hydrogen-bond donors (Lipinski definition) is 0. The number of ketones is 1. The van der Waals surface area contributed by atoms with Crippen LogP contribution >= 0.6 is 11.8 Å². The van der Waals surface area contributed by atoms with E-state index in [1.54, 1.807) is 11.8 Å². The fraction of sp³-hybridized carbons (Fsp3) is 0.400. The summed E-state index contributed by atoms with van der Waals surface area (Å²) in [5.41, 5.74) is -0.0488. The molecule has 3 aliphatic heterocycles. The van der Waals surface area contributed by atoms with Crippen molar-refractivity contribution in [2.24, 2.45) is 10.9 Å². The predicted octanol–water partition coefficient (Wildman–Crippen LogP) is 1.99. The number of amides is 1. The van der Waals surface area contributed by atoms with Gasteiger partial charge in [-0.05, 0) is 19.9 Å². The van der Waals surface area contributed by atoms with Gasteiger partial charge in [-0.15, -0.1) is 0 Å². The van der Waals surface area contributed by atoms with E-state index in [0.717, 1.165) is 5.56 Å². The molecule has 21 heavy (non-hydrogen) atoms. The first-order valence-corrected chi connectivity index (χ1v) is 7.83. The highest BCUT2D eigenvalue weighted by atomic mass is 32.2. The third-order valence-corrected chi connectivity index (χ3v) is 5.22. The molecule has 0 aromatic heterocycles. The summed E-state index contributed by atoms with van der Waals surface area (Å²) in [6.07, 6.45) is 0. The number of ether oxygens (including phenoxy) is 1. The summed E-state index contributed by atoms with van der Waals surface area (Å²) in [6, 6.07) is 7.27. The zero-order valence-corrected chi connectivity index (χ0v) is 12.5. The number of fused-ring (bicyclic) bond motifs is 6. The van der Waals surface area contributed by atoms with Gasteiger partial charge in [0.2, 0.25) is 11.6 Å². The molecular formula is C15H14N2O3S. The van der Waals surface area contributed by atoms with Crippen molar-refractivity contribution >= 4 is 28.6 Å². The lowest BCUT2D eigenvalue weighted by Crippen LogP contribution is -2.58. The fourth-order valence-corrected chi connectivity index (χ4v) is 4.47. The van der Waals surface area contributed by atoms with Gasteiger partial charge in [-0.2, -0.15) is 0 Å². The molecule has 3 atom stereocenters. The van der Waals surface area contributed by atoms with Crippen molar-refractivity contribution in [1.29, 1.82) is 0 Å². The maximum Gasteiger partial charge on any atom is 0.239 e. The topological polar surface area (TPSA) is 59.0 Å². The molecule has 0 aliphatic carbocycles. The van der Waals surface area contributed by atoms with Crippen molar-refractivity contribution < 1.29 is 14.3 Å². The third kappa shape index (κ3) is 1.62. The minimum absolute atomic E-state index is 0.00810. The van der Waals surface area contributed by atoms with Crippen LogP contribution < -0.4 is 4.74 Å². The Bertz CT molecular complexity index is 702. The Kier molecular flexibility index (Phi) is 2.52. The van der Waals surface area contributed by atoms with Crippen LogP contribution in [0.4, 0.5) is 0 Å². The van der Waals surface area contributed by atoms with Gasteiger partial charge in [-0.1, -0.05) is 30.0 Å². The molecule has 4 rings (SSSR count). The van der Waals surface area contributed by atoms with Crippen molar-refractivity contribution in [3.8, 4) is 5.75 Å². The molecule has 1 saturated heterocycles. The smallest absolute Gasteiger partial charge is 0.239 e. The highest BCUT2D eigenvalue weighted by molar-refractivity contribution is 8.15. The van der Waals surface area contributed by atoms with Crippen LogP contribution in [0.15, 0.2) is 29.3 Å². The van der Waals surface area contributed by atoms with Crippen molar-refractivity contribution in [3.63, 3.8) is 0 Å². The SMILES string of the molecule is CC(=O)C1C2c3ccccc3O[C@]1(C)N=C1SCC(=O)N12. The summed E-state index contributed by atoms with van der Waals surface area (Å²) >= 11 is 1.41. The number of carbonyl (C=O) groups excluding carboxylic acids is 2. The molecule has 0 N–H and O–H groups in total. The number of hydrogen-bond acceptors (Lipinski definition) is 5. The Labute approximate surface area is 126 Å². The highest BCUT2D eigenvalue weighted by Gasteiger charge is 2.58. The second-order valence-electron chi connectivity index (χ2n) is 5.67. The van der Waals surface area contributed by atoms with Crippen LogP contribution in [0.3, 0.4) is 0 Å². The van der Waals surface area contributed by atoms with Crippen molar-refractivity contribution in [2.75, 3.05) is 5.75 Å². The Hall–Kier alpha value is -1.82. The van der Waals surface area contributed by atoms with Crippen LogP contribution in [0.5, 0.6) is 5.75 Å². The van der Waals surface area contributed by atoms with E-state index in [2.05, 4.69) is 4.99 Å². The number of rotatable bonds is 1. The van der Waals surface area contributed by atoms with Crippen LogP contribution in [0.25, 0.3) is 0 Å². The summed E-state index contributed by atoms with van der Waals surface area (Å²) in [7, 11) is 0. The molecule has 3 aliphatic rings. The molecule has 1 aromatic carbocycles. The van der Waals surface area contributed by atoms with Crippen LogP contribution in [-0.2, 0) is 9.59 Å². The van der Waals surface area contributed by atoms with Crippen LogP contribution in [0.1, 0.15) is 25.5 Å². The molecule has 3 heterocycles. The average Bonchev–Trinajstić information content (AvgIpc) is 2.77. The van der Waals surface area contributed by atoms with Crippen molar-refractivity contribution in [2.45, 2.75) is 25.6 Å². The lowest BCUT2D eigenvalue weighted by molar-refractivity contribution is -0.140. The van der Waals surface area contributed by atoms with Gasteiger partial charge in [-0.3, -0.25) is 14.5 Å². The molecule has 0 radical (unpaired) electrons. The molecule has 1 aromatic rings. The Morgan fingerprint density at radius 3 is 3.00 bits per heavy atom. The summed E-state index contributed by atoms with van der Waals surface area (Å²) in [6.45, 7) is 3.37. The van der Waals surface area contributed by atoms with E-state index in [1.165, 1.54) is 11.8 Å². The molecule has 5 nitrogen and oxygen atoms in total. The molecular weight excluding hydrogens is 288 g/mol. The molecule has 2 unspecified atom stereocenters. The van der Waals surface area contributed by atoms with E-state index in [1.807, 2.05) is 31.2 Å². The number of thioether (sulfide) groups is 1. The number of para-hydroxylation sites is 1. The largest absolute Gasteiger partial charge is 0.465 e. The third-order valence-electron chi connectivity index (χ3n) is 4.28. The molecule has 1 amide bonds. The molecule has 0 spiro atoms. The number of nitrogens with zero attached hydrogens (tertiary/aromatic N) is 2. The summed E-state index contributed by atoms with van der Waals surface area (Å²) in [5.74, 6) is 0.602. The zero-order valence-electron chi connectivity index (χ0n) is 11.7. The average molecular weight is 302 g/mol. The summed E-state index contributed by atoms with van der Waals surface area (Å²) in [5, 5.41) is 0.666. The quantitative estimate of drug-likeness (QED) is 0.796. The number of benzene rings is 1. The van der Waals surface area contributed by atoms with E-state index in [-0.39, 0.29) is 17.7 Å². The van der Waals surface area contributed by atoms with Crippen LogP contribution in [-0.4, -0.2) is 33.2 Å². The normalized spacial score (nSPS) is 33.0. The highest BCUT2D eigenvalue weighted by Crippen LogP contribution is 2.52. The lowest BCUT2D eigenvalue weighted by Gasteiger charge is -2.49. The molecule has 1 fully saturated rings. The van der Waals surface area contributed by atoms with E-state index >= 15 is 0 Å². The Morgan fingerprint density at radius 2 is 2.24 bits per heavy atom. The first-order chi connectivity index (χ1) is 10.0. The predicted molar refractivity (Wildman–Crippen MR) is 79.1 cm³/mol. The second kappa shape index (κ2) is 4.10. The van der Waals surface area contributed by atoms with E-state index < -0.39 is 11.6 Å². The molecule has 6 heteroatoms. The van der Waals surface area contributed by atoms with Crippen molar-refractivity contribution in [3.05, 3.63) is 29.8 Å². The van der Waals surface area contributed by atoms with Crippen molar-refractivity contribution in [1.82, 2.24) is 4.90 Å². The Morgan fingerprint density at radius 1 is 1.48 bits per heavy atom. The van der Waals surface area contributed by atoms with Crippen LogP contribution in [0, 0.1) is 5.92 Å². The van der Waals surface area contributed by atoms with Gasteiger partial charge >= 0.3 is 0 Å². The summed E-state index contributed by atoms with van der Waals surface area (Å²) in [4.78, 5) is 30.8. The van der Waals surface area contributed by atoms with E-state index in [4.69, 9.17) is 4.74 Å². The minimum atomic E-state index is -0.936. The number of Topliss-reactive ketones (excluding diaryl/α,β-unsaturated/α-hetero) is 1. The first kappa shape index (κ1) is 12.9. The maximum atomic E-state index is 12.3. The van der Waals surface area contributed by atoms with Gasteiger partial charge in [0.1, 0.15) is 17.5 Å². The van der Waals surface area contributed by atoms with Gasteiger partial charge in [0.25, 0.3) is 0 Å². The minimum Gasteiger partial charge on any atom is -0.465 e. The number of amidine groups is 1. The van der Waals surface area contributed by atoms with E-state index in [0.29, 0.717) is 16.7 Å². The summed E-state index contributed by atoms with van der Waals surface area (Å²) < 4.78 is 6.05. The lowest BCUT2D eigenvalue weighted by atomic mass is 9.78. The molecule has 2 bridgehead atoms. The van der Waals surface area contributed by atoms with Gasteiger partial charge in [0.15, 0.2) is 5.17 Å². The Balaban J connectivity index is 1.99. The fourth-order valence-electron chi connectivity index (χ4n) is 3.48. The second-order valence-corrected chi connectivity index (χ2v) is 6.62. The van der Waals surface area contributed by atoms with Gasteiger partial charge in [-0.25, -0.2) is 4.99 Å². The van der Waals surface area contributed by atoms with Gasteiger partial charge < -0.3 is 4.74 Å². The number of carbonyl (C=O) groups is 2. The van der Waals surface area contributed by atoms with E-state index in [9.17, 15) is 9.59 Å². The molecule has 0 saturated carbocycles. The van der Waals surface area contributed by atoms with Gasteiger partial charge in [0, 0.05) is 5.56 Å².